The van der Waals surface area contributed by atoms with Crippen molar-refractivity contribution in [3.05, 3.63) is 89.5 Å². The number of hydrogen-bond acceptors (Lipinski definition) is 5. The van der Waals surface area contributed by atoms with E-state index in [9.17, 15) is 18.0 Å². The van der Waals surface area contributed by atoms with Crippen LogP contribution in [-0.2, 0) is 26.2 Å². The van der Waals surface area contributed by atoms with Crippen molar-refractivity contribution >= 4 is 27.5 Å². The van der Waals surface area contributed by atoms with E-state index in [1.165, 1.54) is 17.0 Å². The summed E-state index contributed by atoms with van der Waals surface area (Å²) < 4.78 is 34.5. The van der Waals surface area contributed by atoms with Gasteiger partial charge in [0.2, 0.25) is 11.8 Å². The second-order valence-electron chi connectivity index (χ2n) is 10.3. The number of benzene rings is 3. The number of anilines is 1. The Kier molecular flexibility index (Phi) is 10.9. The summed E-state index contributed by atoms with van der Waals surface area (Å²) in [4.78, 5) is 28.7. The first-order valence-electron chi connectivity index (χ1n) is 13.9. The van der Waals surface area contributed by atoms with Gasteiger partial charge in [0.1, 0.15) is 18.3 Å². The number of rotatable bonds is 13. The SMILES string of the molecule is CCOc1ccc(N(CC(=O)N(Cc2ccc(C)cc2)[C@H](C)C(=O)N[C@@H](C)CC)S(=O)(=O)c2ccc(C)cc2)cc1. The normalized spacial score (nSPS) is 12.7. The standard InChI is InChI=1S/C32H41N3O5S/c1-7-25(5)33-32(37)26(6)34(21-27-13-9-23(3)10-14-27)31(36)22-35(28-15-17-29(18-16-28)40-8-2)41(38,39)30-19-11-24(4)12-20-30/h9-20,25-26H,7-8,21-22H2,1-6H3,(H,33,37)/t25-,26+/m0/s1. The van der Waals surface area contributed by atoms with Crippen LogP contribution < -0.4 is 14.4 Å². The van der Waals surface area contributed by atoms with Crippen molar-refractivity contribution in [2.45, 2.75) is 71.5 Å². The fourth-order valence-corrected chi connectivity index (χ4v) is 5.59. The maximum atomic E-state index is 14.0. The van der Waals surface area contributed by atoms with Gasteiger partial charge in [-0.1, -0.05) is 54.4 Å². The van der Waals surface area contributed by atoms with E-state index in [0.717, 1.165) is 27.4 Å². The Balaban J connectivity index is 2.02. The Hall–Kier alpha value is -3.85. The van der Waals surface area contributed by atoms with Crippen molar-refractivity contribution in [2.75, 3.05) is 17.5 Å². The second-order valence-corrected chi connectivity index (χ2v) is 12.1. The molecular formula is C32H41N3O5S. The largest absolute Gasteiger partial charge is 0.494 e. The zero-order chi connectivity index (χ0) is 30.2. The summed E-state index contributed by atoms with van der Waals surface area (Å²) in [6.45, 7) is 11.4. The fraction of sp³-hybridized carbons (Fsp3) is 0.375. The molecule has 3 aromatic rings. The molecule has 0 bridgehead atoms. The van der Waals surface area contributed by atoms with E-state index in [0.29, 0.717) is 18.0 Å². The molecule has 2 amide bonds. The van der Waals surface area contributed by atoms with Crippen LogP contribution in [0.15, 0.2) is 77.7 Å². The number of carbonyl (C=O) groups excluding carboxylic acids is 2. The Morgan fingerprint density at radius 3 is 1.95 bits per heavy atom. The van der Waals surface area contributed by atoms with Crippen LogP contribution >= 0.6 is 0 Å². The topological polar surface area (TPSA) is 96.0 Å². The van der Waals surface area contributed by atoms with E-state index in [1.54, 1.807) is 43.3 Å². The van der Waals surface area contributed by atoms with Crippen molar-refractivity contribution in [2.24, 2.45) is 0 Å². The minimum Gasteiger partial charge on any atom is -0.494 e. The second kappa shape index (κ2) is 14.2. The van der Waals surface area contributed by atoms with Crippen LogP contribution in [0.2, 0.25) is 0 Å². The van der Waals surface area contributed by atoms with E-state index in [1.807, 2.05) is 58.9 Å². The summed E-state index contributed by atoms with van der Waals surface area (Å²) in [5, 5.41) is 2.95. The molecule has 0 fully saturated rings. The molecule has 0 aliphatic rings. The predicted octanol–water partition coefficient (Wildman–Crippen LogP) is 5.23. The lowest BCUT2D eigenvalue weighted by atomic mass is 10.1. The molecule has 0 heterocycles. The van der Waals surface area contributed by atoms with E-state index >= 15 is 0 Å². The molecule has 3 aromatic carbocycles. The smallest absolute Gasteiger partial charge is 0.264 e. The van der Waals surface area contributed by atoms with Crippen molar-refractivity contribution < 1.29 is 22.7 Å². The van der Waals surface area contributed by atoms with Crippen LogP contribution in [-0.4, -0.2) is 50.4 Å². The third-order valence-corrected chi connectivity index (χ3v) is 8.75. The average molecular weight is 580 g/mol. The van der Waals surface area contributed by atoms with Crippen molar-refractivity contribution in [1.29, 1.82) is 0 Å². The molecule has 9 heteroatoms. The van der Waals surface area contributed by atoms with Gasteiger partial charge in [-0.05, 0) is 83.0 Å². The predicted molar refractivity (Wildman–Crippen MR) is 162 cm³/mol. The number of aryl methyl sites for hydroxylation is 2. The number of amides is 2. The minimum atomic E-state index is -4.13. The first kappa shape index (κ1) is 31.7. The lowest BCUT2D eigenvalue weighted by molar-refractivity contribution is -0.139. The van der Waals surface area contributed by atoms with Gasteiger partial charge in [0, 0.05) is 12.6 Å². The maximum absolute atomic E-state index is 14.0. The lowest BCUT2D eigenvalue weighted by Crippen LogP contribution is -2.52. The van der Waals surface area contributed by atoms with Crippen LogP contribution in [0.5, 0.6) is 5.75 Å². The molecule has 220 valence electrons. The van der Waals surface area contributed by atoms with Gasteiger partial charge in [-0.2, -0.15) is 0 Å². The summed E-state index contributed by atoms with van der Waals surface area (Å²) >= 11 is 0. The zero-order valence-corrected chi connectivity index (χ0v) is 25.6. The highest BCUT2D eigenvalue weighted by Crippen LogP contribution is 2.27. The molecule has 2 atom stereocenters. The molecule has 0 aliphatic heterocycles. The Morgan fingerprint density at radius 2 is 1.41 bits per heavy atom. The minimum absolute atomic E-state index is 0.0662. The quantitative estimate of drug-likeness (QED) is 0.299. The van der Waals surface area contributed by atoms with E-state index in [-0.39, 0.29) is 23.4 Å². The van der Waals surface area contributed by atoms with E-state index in [4.69, 9.17) is 4.74 Å². The lowest BCUT2D eigenvalue weighted by Gasteiger charge is -2.32. The van der Waals surface area contributed by atoms with Crippen LogP contribution in [0.1, 0.15) is 50.8 Å². The first-order chi connectivity index (χ1) is 19.5. The van der Waals surface area contributed by atoms with Gasteiger partial charge in [-0.15, -0.1) is 0 Å². The van der Waals surface area contributed by atoms with Crippen molar-refractivity contribution in [3.8, 4) is 5.75 Å². The monoisotopic (exact) mass is 579 g/mol. The van der Waals surface area contributed by atoms with Crippen LogP contribution in [0.3, 0.4) is 0 Å². The number of nitrogens with one attached hydrogen (secondary N) is 1. The number of nitrogens with zero attached hydrogens (tertiary/aromatic N) is 2. The average Bonchev–Trinajstić information content (AvgIpc) is 2.95. The molecule has 0 aliphatic carbocycles. The molecule has 41 heavy (non-hydrogen) atoms. The number of sulfonamides is 1. The van der Waals surface area contributed by atoms with Gasteiger partial charge in [0.15, 0.2) is 0 Å². The first-order valence-corrected chi connectivity index (χ1v) is 15.4. The molecule has 1 N–H and O–H groups in total. The molecule has 0 unspecified atom stereocenters. The van der Waals surface area contributed by atoms with Gasteiger partial charge >= 0.3 is 0 Å². The molecule has 0 saturated carbocycles. The van der Waals surface area contributed by atoms with Crippen LogP contribution in [0.25, 0.3) is 0 Å². The highest BCUT2D eigenvalue weighted by molar-refractivity contribution is 7.92. The zero-order valence-electron chi connectivity index (χ0n) is 24.8. The van der Waals surface area contributed by atoms with Gasteiger partial charge < -0.3 is 15.0 Å². The molecule has 3 rings (SSSR count). The molecule has 0 spiro atoms. The van der Waals surface area contributed by atoms with Gasteiger partial charge in [0.25, 0.3) is 10.0 Å². The Bertz CT molecular complexity index is 1410. The Labute approximate surface area is 244 Å². The maximum Gasteiger partial charge on any atom is 0.264 e. The summed E-state index contributed by atoms with van der Waals surface area (Å²) in [6, 6.07) is 19.9. The molecule has 0 saturated heterocycles. The molecule has 0 aromatic heterocycles. The number of ether oxygens (including phenoxy) is 1. The van der Waals surface area contributed by atoms with Crippen LogP contribution in [0.4, 0.5) is 5.69 Å². The highest BCUT2D eigenvalue weighted by Gasteiger charge is 2.32. The van der Waals surface area contributed by atoms with Crippen molar-refractivity contribution in [3.63, 3.8) is 0 Å². The van der Waals surface area contributed by atoms with Crippen molar-refractivity contribution in [1.82, 2.24) is 10.2 Å². The molecular weight excluding hydrogens is 538 g/mol. The van der Waals surface area contributed by atoms with Gasteiger partial charge in [0.05, 0.1) is 17.2 Å². The number of carbonyl (C=O) groups is 2. The summed E-state index contributed by atoms with van der Waals surface area (Å²) in [7, 11) is -4.13. The van der Waals surface area contributed by atoms with E-state index in [2.05, 4.69) is 5.32 Å². The third kappa shape index (κ3) is 8.33. The highest BCUT2D eigenvalue weighted by atomic mass is 32.2. The fourth-order valence-electron chi connectivity index (χ4n) is 4.18. The number of hydrogen-bond donors (Lipinski definition) is 1. The van der Waals surface area contributed by atoms with Gasteiger partial charge in [-0.25, -0.2) is 8.42 Å². The molecule has 8 nitrogen and oxygen atoms in total. The Morgan fingerprint density at radius 1 is 0.854 bits per heavy atom. The summed E-state index contributed by atoms with van der Waals surface area (Å²) in [5.41, 5.74) is 3.13. The summed E-state index contributed by atoms with van der Waals surface area (Å²) in [6.07, 6.45) is 0.741. The van der Waals surface area contributed by atoms with E-state index < -0.39 is 28.5 Å². The third-order valence-electron chi connectivity index (χ3n) is 6.97. The summed E-state index contributed by atoms with van der Waals surface area (Å²) in [5.74, 6) is -0.206. The van der Waals surface area contributed by atoms with Crippen LogP contribution in [0, 0.1) is 13.8 Å². The molecule has 0 radical (unpaired) electrons. The van der Waals surface area contributed by atoms with Gasteiger partial charge in [-0.3, -0.25) is 13.9 Å².